The summed E-state index contributed by atoms with van der Waals surface area (Å²) < 4.78 is 28.4. The molecule has 0 aliphatic rings. The molecule has 0 saturated heterocycles. The molecular formula is C23H21FN2O6. The zero-order valence-electron chi connectivity index (χ0n) is 17.2. The quantitative estimate of drug-likeness (QED) is 0.495. The molecular weight excluding hydrogens is 419 g/mol. The van der Waals surface area contributed by atoms with E-state index in [9.17, 15) is 18.8 Å². The van der Waals surface area contributed by atoms with Crippen LogP contribution >= 0.6 is 0 Å². The number of halogens is 1. The van der Waals surface area contributed by atoms with Crippen LogP contribution in [0.1, 0.15) is 21.9 Å². The molecule has 3 aromatic rings. The van der Waals surface area contributed by atoms with Crippen molar-refractivity contribution < 1.29 is 32.7 Å². The van der Waals surface area contributed by atoms with Gasteiger partial charge in [-0.1, -0.05) is 12.1 Å². The number of ether oxygens (including phenoxy) is 2. The number of amides is 2. The minimum Gasteiger partial charge on any atom is -0.486 e. The number of rotatable bonds is 9. The smallest absolute Gasteiger partial charge is 0.325 e. The summed E-state index contributed by atoms with van der Waals surface area (Å²) in [6, 6.07) is 15.4. The number of esters is 1. The lowest BCUT2D eigenvalue weighted by Gasteiger charge is -2.06. The lowest BCUT2D eigenvalue weighted by Crippen LogP contribution is -2.31. The van der Waals surface area contributed by atoms with Crippen molar-refractivity contribution in [3.63, 3.8) is 0 Å². The largest absolute Gasteiger partial charge is 0.486 e. The monoisotopic (exact) mass is 440 g/mol. The van der Waals surface area contributed by atoms with Gasteiger partial charge in [0.1, 0.15) is 30.5 Å². The first-order valence-electron chi connectivity index (χ1n) is 9.64. The second kappa shape index (κ2) is 10.8. The van der Waals surface area contributed by atoms with Crippen LogP contribution in [-0.4, -0.2) is 31.4 Å². The number of anilines is 1. The van der Waals surface area contributed by atoms with Gasteiger partial charge in [0.05, 0.1) is 13.5 Å². The van der Waals surface area contributed by atoms with Gasteiger partial charge < -0.3 is 24.5 Å². The van der Waals surface area contributed by atoms with E-state index >= 15 is 0 Å². The Hall–Kier alpha value is -4.14. The van der Waals surface area contributed by atoms with E-state index < -0.39 is 11.9 Å². The van der Waals surface area contributed by atoms with Gasteiger partial charge in [-0.25, -0.2) is 4.39 Å². The van der Waals surface area contributed by atoms with Crippen LogP contribution in [0, 0.1) is 5.82 Å². The van der Waals surface area contributed by atoms with Gasteiger partial charge in [0, 0.05) is 5.69 Å². The molecule has 0 fully saturated rings. The number of hydrogen-bond donors (Lipinski definition) is 2. The molecule has 0 atom stereocenters. The highest BCUT2D eigenvalue weighted by atomic mass is 19.1. The normalized spacial score (nSPS) is 10.3. The van der Waals surface area contributed by atoms with E-state index in [0.29, 0.717) is 22.8 Å². The minimum absolute atomic E-state index is 0.0841. The Labute approximate surface area is 183 Å². The summed E-state index contributed by atoms with van der Waals surface area (Å²) in [4.78, 5) is 35.2. The highest BCUT2D eigenvalue weighted by Crippen LogP contribution is 2.17. The fraction of sp³-hybridized carbons (Fsp3) is 0.174. The standard InChI is InChI=1S/C23H21FN2O6/c1-30-22(28)13-25-21(27)12-15-2-6-17(7-3-15)26-23(29)20-11-10-19(32-20)14-31-18-8-4-16(24)5-9-18/h2-11H,12-14H2,1H3,(H,25,27)(H,26,29). The Bertz CT molecular complexity index is 1080. The van der Waals surface area contributed by atoms with E-state index in [1.165, 1.54) is 37.4 Å². The van der Waals surface area contributed by atoms with Crippen molar-refractivity contribution in [1.29, 1.82) is 0 Å². The molecule has 0 bridgehead atoms. The Morgan fingerprint density at radius 1 is 0.969 bits per heavy atom. The van der Waals surface area contributed by atoms with E-state index in [0.717, 1.165) is 0 Å². The summed E-state index contributed by atoms with van der Waals surface area (Å²) in [6.07, 6.45) is 0.0841. The van der Waals surface area contributed by atoms with E-state index in [1.807, 2.05) is 0 Å². The predicted molar refractivity (Wildman–Crippen MR) is 113 cm³/mol. The Morgan fingerprint density at radius 2 is 1.69 bits per heavy atom. The lowest BCUT2D eigenvalue weighted by atomic mass is 10.1. The molecule has 2 aromatic carbocycles. The van der Waals surface area contributed by atoms with Crippen molar-refractivity contribution in [3.8, 4) is 5.75 Å². The van der Waals surface area contributed by atoms with Gasteiger partial charge in [-0.3, -0.25) is 14.4 Å². The number of methoxy groups -OCH3 is 1. The zero-order valence-corrected chi connectivity index (χ0v) is 17.2. The number of nitrogens with one attached hydrogen (secondary N) is 2. The highest BCUT2D eigenvalue weighted by molar-refractivity contribution is 6.02. The minimum atomic E-state index is -0.528. The second-order valence-corrected chi connectivity index (χ2v) is 6.69. The molecule has 8 nitrogen and oxygen atoms in total. The predicted octanol–water partition coefficient (Wildman–Crippen LogP) is 3.08. The fourth-order valence-corrected chi connectivity index (χ4v) is 2.65. The maximum Gasteiger partial charge on any atom is 0.325 e. The van der Waals surface area contributed by atoms with Gasteiger partial charge in [-0.05, 0) is 54.1 Å². The first-order valence-corrected chi connectivity index (χ1v) is 9.64. The molecule has 9 heteroatoms. The molecule has 166 valence electrons. The number of carbonyl (C=O) groups is 3. The maximum absolute atomic E-state index is 12.9. The molecule has 0 unspecified atom stereocenters. The van der Waals surface area contributed by atoms with Crippen LogP contribution in [-0.2, 0) is 27.4 Å². The van der Waals surface area contributed by atoms with E-state index in [4.69, 9.17) is 9.15 Å². The first kappa shape index (κ1) is 22.5. The third-order valence-electron chi connectivity index (χ3n) is 4.31. The number of furan rings is 1. The molecule has 0 spiro atoms. The molecule has 0 aliphatic carbocycles. The van der Waals surface area contributed by atoms with Crippen molar-refractivity contribution in [2.24, 2.45) is 0 Å². The van der Waals surface area contributed by atoms with Gasteiger partial charge in [-0.2, -0.15) is 0 Å². The van der Waals surface area contributed by atoms with Crippen LogP contribution in [0.2, 0.25) is 0 Å². The van der Waals surface area contributed by atoms with Gasteiger partial charge in [0.25, 0.3) is 5.91 Å². The topological polar surface area (TPSA) is 107 Å². The molecule has 2 N–H and O–H groups in total. The third-order valence-corrected chi connectivity index (χ3v) is 4.31. The van der Waals surface area contributed by atoms with Gasteiger partial charge in [0.15, 0.2) is 5.76 Å². The summed E-state index contributed by atoms with van der Waals surface area (Å²) in [7, 11) is 1.24. The molecule has 3 rings (SSSR count). The van der Waals surface area contributed by atoms with Gasteiger partial charge in [-0.15, -0.1) is 0 Å². The summed E-state index contributed by atoms with van der Waals surface area (Å²) in [5, 5.41) is 5.16. The van der Waals surface area contributed by atoms with Crippen LogP contribution in [0.25, 0.3) is 0 Å². The van der Waals surface area contributed by atoms with Crippen molar-refractivity contribution >= 4 is 23.5 Å². The van der Waals surface area contributed by atoms with Crippen LogP contribution < -0.4 is 15.4 Å². The second-order valence-electron chi connectivity index (χ2n) is 6.69. The molecule has 0 saturated carbocycles. The summed E-state index contributed by atoms with van der Waals surface area (Å²) >= 11 is 0. The van der Waals surface area contributed by atoms with Crippen LogP contribution in [0.4, 0.5) is 10.1 Å². The average Bonchev–Trinajstić information content (AvgIpc) is 3.27. The molecule has 2 amide bonds. The number of hydrogen-bond acceptors (Lipinski definition) is 6. The Morgan fingerprint density at radius 3 is 2.38 bits per heavy atom. The third kappa shape index (κ3) is 6.69. The van der Waals surface area contributed by atoms with Gasteiger partial charge in [0.2, 0.25) is 5.91 Å². The van der Waals surface area contributed by atoms with Crippen molar-refractivity contribution in [2.45, 2.75) is 13.0 Å². The molecule has 0 radical (unpaired) electrons. The number of carbonyl (C=O) groups excluding carboxylic acids is 3. The fourth-order valence-electron chi connectivity index (χ4n) is 2.65. The van der Waals surface area contributed by atoms with Crippen molar-refractivity contribution in [3.05, 3.63) is 83.6 Å². The highest BCUT2D eigenvalue weighted by Gasteiger charge is 2.13. The maximum atomic E-state index is 12.9. The molecule has 32 heavy (non-hydrogen) atoms. The first-order chi connectivity index (χ1) is 15.4. The average molecular weight is 440 g/mol. The lowest BCUT2D eigenvalue weighted by molar-refractivity contribution is -0.141. The van der Waals surface area contributed by atoms with E-state index in [2.05, 4.69) is 15.4 Å². The SMILES string of the molecule is COC(=O)CNC(=O)Cc1ccc(NC(=O)c2ccc(COc3ccc(F)cc3)o2)cc1. The molecule has 1 heterocycles. The van der Waals surface area contributed by atoms with Crippen LogP contribution in [0.3, 0.4) is 0 Å². The molecule has 1 aromatic heterocycles. The summed E-state index contributed by atoms with van der Waals surface area (Å²) in [5.41, 5.74) is 1.23. The Balaban J connectivity index is 1.48. The van der Waals surface area contributed by atoms with Crippen molar-refractivity contribution in [1.82, 2.24) is 5.32 Å². The zero-order chi connectivity index (χ0) is 22.9. The molecule has 0 aliphatic heterocycles. The van der Waals surface area contributed by atoms with Crippen LogP contribution in [0.5, 0.6) is 5.75 Å². The van der Waals surface area contributed by atoms with E-state index in [1.54, 1.807) is 30.3 Å². The summed E-state index contributed by atoms with van der Waals surface area (Å²) in [5.74, 6) is -0.627. The van der Waals surface area contributed by atoms with E-state index in [-0.39, 0.29) is 37.1 Å². The summed E-state index contributed by atoms with van der Waals surface area (Å²) in [6.45, 7) is -0.102. The Kier molecular flexibility index (Phi) is 7.58. The van der Waals surface area contributed by atoms with Crippen molar-refractivity contribution in [2.75, 3.05) is 19.0 Å². The number of benzene rings is 2. The van der Waals surface area contributed by atoms with Crippen LogP contribution in [0.15, 0.2) is 65.1 Å². The van der Waals surface area contributed by atoms with Gasteiger partial charge >= 0.3 is 5.97 Å².